The van der Waals surface area contributed by atoms with Crippen molar-refractivity contribution < 1.29 is 4.39 Å². The molecule has 1 rings (SSSR count). The van der Waals surface area contributed by atoms with Crippen molar-refractivity contribution in [3.05, 3.63) is 29.8 Å². The molecule has 1 atom stereocenters. The van der Waals surface area contributed by atoms with Crippen LogP contribution >= 0.6 is 0 Å². The van der Waals surface area contributed by atoms with Crippen LogP contribution in [0.15, 0.2) is 18.3 Å². The molecular formula is C11H17FN2. The monoisotopic (exact) mass is 196 g/mol. The van der Waals surface area contributed by atoms with Crippen LogP contribution in [-0.2, 0) is 6.54 Å². The summed E-state index contributed by atoms with van der Waals surface area (Å²) in [6, 6.07) is 3.04. The van der Waals surface area contributed by atoms with Gasteiger partial charge in [-0.2, -0.15) is 0 Å². The van der Waals surface area contributed by atoms with Gasteiger partial charge < -0.3 is 5.32 Å². The van der Waals surface area contributed by atoms with Crippen LogP contribution in [0.1, 0.15) is 26.0 Å². The van der Waals surface area contributed by atoms with Crippen LogP contribution in [0.4, 0.5) is 4.39 Å². The van der Waals surface area contributed by atoms with E-state index in [1.54, 1.807) is 12.3 Å². The fraction of sp³-hybridized carbons (Fsp3) is 0.545. The Morgan fingerprint density at radius 2 is 2.36 bits per heavy atom. The van der Waals surface area contributed by atoms with Crippen molar-refractivity contribution in [2.45, 2.75) is 26.8 Å². The number of rotatable bonds is 5. The summed E-state index contributed by atoms with van der Waals surface area (Å²) in [7, 11) is 0. The van der Waals surface area contributed by atoms with Crippen molar-refractivity contribution in [1.82, 2.24) is 10.3 Å². The first kappa shape index (κ1) is 11.1. The van der Waals surface area contributed by atoms with Crippen LogP contribution < -0.4 is 5.32 Å². The van der Waals surface area contributed by atoms with E-state index < -0.39 is 0 Å². The SMILES string of the molecule is CCC(C)CNCc1ncccc1F. The van der Waals surface area contributed by atoms with Gasteiger partial charge >= 0.3 is 0 Å². The molecule has 0 fully saturated rings. The normalized spacial score (nSPS) is 12.8. The van der Waals surface area contributed by atoms with Crippen molar-refractivity contribution in [2.24, 2.45) is 5.92 Å². The number of pyridine rings is 1. The van der Waals surface area contributed by atoms with E-state index in [9.17, 15) is 4.39 Å². The molecule has 0 radical (unpaired) electrons. The molecule has 14 heavy (non-hydrogen) atoms. The first-order valence-corrected chi connectivity index (χ1v) is 5.04. The zero-order valence-electron chi connectivity index (χ0n) is 8.76. The Morgan fingerprint density at radius 3 is 3.00 bits per heavy atom. The second kappa shape index (κ2) is 5.70. The van der Waals surface area contributed by atoms with Crippen LogP contribution in [0.5, 0.6) is 0 Å². The molecule has 0 aliphatic carbocycles. The summed E-state index contributed by atoms with van der Waals surface area (Å²) < 4.78 is 13.1. The first-order chi connectivity index (χ1) is 6.74. The standard InChI is InChI=1S/C11H17FN2/c1-3-9(2)7-13-8-11-10(12)5-4-6-14-11/h4-6,9,13H,3,7-8H2,1-2H3. The smallest absolute Gasteiger partial charge is 0.146 e. The maximum Gasteiger partial charge on any atom is 0.146 e. The maximum atomic E-state index is 13.1. The van der Waals surface area contributed by atoms with E-state index in [0.717, 1.165) is 13.0 Å². The molecule has 0 bridgehead atoms. The van der Waals surface area contributed by atoms with Gasteiger partial charge in [-0.15, -0.1) is 0 Å². The Balaban J connectivity index is 2.35. The van der Waals surface area contributed by atoms with Gasteiger partial charge in [0.2, 0.25) is 0 Å². The van der Waals surface area contributed by atoms with Crippen LogP contribution in [0, 0.1) is 11.7 Å². The molecule has 78 valence electrons. The molecule has 2 nitrogen and oxygen atoms in total. The summed E-state index contributed by atoms with van der Waals surface area (Å²) in [5.74, 6) is 0.394. The third-order valence-electron chi connectivity index (χ3n) is 2.32. The van der Waals surface area contributed by atoms with Crippen molar-refractivity contribution in [1.29, 1.82) is 0 Å². The van der Waals surface area contributed by atoms with Crippen molar-refractivity contribution in [2.75, 3.05) is 6.54 Å². The van der Waals surface area contributed by atoms with Crippen LogP contribution in [0.2, 0.25) is 0 Å². The van der Waals surface area contributed by atoms with Crippen molar-refractivity contribution >= 4 is 0 Å². The van der Waals surface area contributed by atoms with Gasteiger partial charge in [0.1, 0.15) is 5.82 Å². The third kappa shape index (κ3) is 3.42. The van der Waals surface area contributed by atoms with Gasteiger partial charge in [-0.3, -0.25) is 4.98 Å². The quantitative estimate of drug-likeness (QED) is 0.782. The highest BCUT2D eigenvalue weighted by Crippen LogP contribution is 2.03. The highest BCUT2D eigenvalue weighted by atomic mass is 19.1. The summed E-state index contributed by atoms with van der Waals surface area (Å²) >= 11 is 0. The van der Waals surface area contributed by atoms with Crippen LogP contribution in [0.3, 0.4) is 0 Å². The van der Waals surface area contributed by atoms with E-state index in [4.69, 9.17) is 0 Å². The van der Waals surface area contributed by atoms with Gasteiger partial charge in [0.25, 0.3) is 0 Å². The predicted octanol–water partition coefficient (Wildman–Crippen LogP) is 2.36. The largest absolute Gasteiger partial charge is 0.311 e. The van der Waals surface area contributed by atoms with Crippen molar-refractivity contribution in [3.8, 4) is 0 Å². The third-order valence-corrected chi connectivity index (χ3v) is 2.32. The van der Waals surface area contributed by atoms with Gasteiger partial charge in [-0.25, -0.2) is 4.39 Å². The van der Waals surface area contributed by atoms with E-state index in [1.165, 1.54) is 6.07 Å². The fourth-order valence-electron chi connectivity index (χ4n) is 1.13. The lowest BCUT2D eigenvalue weighted by molar-refractivity contribution is 0.488. The first-order valence-electron chi connectivity index (χ1n) is 5.04. The summed E-state index contributed by atoms with van der Waals surface area (Å²) in [5.41, 5.74) is 0.496. The molecule has 1 N–H and O–H groups in total. The molecule has 0 amide bonds. The molecular weight excluding hydrogens is 179 g/mol. The Morgan fingerprint density at radius 1 is 1.57 bits per heavy atom. The van der Waals surface area contributed by atoms with Gasteiger partial charge in [0.05, 0.1) is 5.69 Å². The van der Waals surface area contributed by atoms with Gasteiger partial charge in [0, 0.05) is 12.7 Å². The number of nitrogens with one attached hydrogen (secondary N) is 1. The van der Waals surface area contributed by atoms with E-state index >= 15 is 0 Å². The number of aromatic nitrogens is 1. The number of hydrogen-bond acceptors (Lipinski definition) is 2. The van der Waals surface area contributed by atoms with Crippen molar-refractivity contribution in [3.63, 3.8) is 0 Å². The highest BCUT2D eigenvalue weighted by Gasteiger charge is 2.02. The lowest BCUT2D eigenvalue weighted by atomic mass is 10.1. The molecule has 0 aliphatic rings. The Hall–Kier alpha value is -0.960. The number of nitrogens with zero attached hydrogens (tertiary/aromatic N) is 1. The second-order valence-corrected chi connectivity index (χ2v) is 3.58. The Bertz CT molecular complexity index is 276. The second-order valence-electron chi connectivity index (χ2n) is 3.58. The fourth-order valence-corrected chi connectivity index (χ4v) is 1.13. The topological polar surface area (TPSA) is 24.9 Å². The minimum absolute atomic E-state index is 0.232. The zero-order valence-corrected chi connectivity index (χ0v) is 8.76. The summed E-state index contributed by atoms with van der Waals surface area (Å²) in [6.45, 7) is 5.74. The molecule has 0 saturated heterocycles. The Kier molecular flexibility index (Phi) is 4.53. The molecule has 0 aliphatic heterocycles. The minimum atomic E-state index is -0.232. The predicted molar refractivity (Wildman–Crippen MR) is 55.4 cm³/mol. The summed E-state index contributed by atoms with van der Waals surface area (Å²) in [4.78, 5) is 3.96. The number of halogens is 1. The molecule has 0 aromatic carbocycles. The molecule has 1 heterocycles. The van der Waals surface area contributed by atoms with E-state index in [0.29, 0.717) is 18.2 Å². The highest BCUT2D eigenvalue weighted by molar-refractivity contribution is 5.06. The molecule has 1 aromatic rings. The van der Waals surface area contributed by atoms with Gasteiger partial charge in [-0.05, 0) is 24.6 Å². The lowest BCUT2D eigenvalue weighted by Gasteiger charge is -2.09. The molecule has 0 spiro atoms. The van der Waals surface area contributed by atoms with E-state index in [2.05, 4.69) is 24.1 Å². The zero-order chi connectivity index (χ0) is 10.4. The average Bonchev–Trinajstić information content (AvgIpc) is 2.20. The number of hydrogen-bond donors (Lipinski definition) is 1. The summed E-state index contributed by atoms with van der Waals surface area (Å²) in [6.07, 6.45) is 2.75. The minimum Gasteiger partial charge on any atom is -0.311 e. The Labute approximate surface area is 84.6 Å². The summed E-state index contributed by atoms with van der Waals surface area (Å²) in [5, 5.41) is 3.19. The van der Waals surface area contributed by atoms with E-state index in [-0.39, 0.29) is 5.82 Å². The molecule has 0 saturated carbocycles. The molecule has 1 unspecified atom stereocenters. The maximum absolute atomic E-state index is 13.1. The lowest BCUT2D eigenvalue weighted by Crippen LogP contribution is -2.21. The molecule has 3 heteroatoms. The van der Waals surface area contributed by atoms with Crippen LogP contribution in [0.25, 0.3) is 0 Å². The van der Waals surface area contributed by atoms with E-state index in [1.807, 2.05) is 0 Å². The van der Waals surface area contributed by atoms with Gasteiger partial charge in [0.15, 0.2) is 0 Å². The average molecular weight is 196 g/mol. The van der Waals surface area contributed by atoms with Crippen LogP contribution in [-0.4, -0.2) is 11.5 Å². The molecule has 1 aromatic heterocycles. The van der Waals surface area contributed by atoms with Gasteiger partial charge in [-0.1, -0.05) is 20.3 Å².